The van der Waals surface area contributed by atoms with Crippen LogP contribution in [0, 0.1) is 0 Å². The van der Waals surface area contributed by atoms with Gasteiger partial charge in [-0.05, 0) is 182 Å². The van der Waals surface area contributed by atoms with Crippen LogP contribution in [0.25, 0.3) is 175 Å². The number of hydrogen-bond donors (Lipinski definition) is 0. The molecule has 7 heteroatoms. The van der Waals surface area contributed by atoms with E-state index in [-0.39, 0.29) is 17.3 Å². The minimum Gasteiger partial charge on any atom is -0.421 e. The van der Waals surface area contributed by atoms with E-state index in [1.165, 1.54) is 32.3 Å². The molecule has 0 fully saturated rings. The molecular weight excluding hydrogens is 1110 g/mol. The van der Waals surface area contributed by atoms with E-state index in [0.717, 1.165) is 154 Å². The molecule has 88 heavy (non-hydrogen) atoms. The number of fused-ring (bicyclic) bond motifs is 18. The van der Waals surface area contributed by atoms with Gasteiger partial charge in [-0.1, -0.05) is 206 Å². The standard InChI is InChI=1S/C81H51NO4P2/c1-82(72-44-62(58-30-26-48-14-2-6-20-54(48)38-58)42-70-68(72)46-66(60-32-28-50-16-4-8-22-56(50)40-60)80-78(70)76-64-24-12-10-18-52(64)34-36-74(76)83-87-85-80)73-45-63(59-31-27-49-15-3-7-21-55(49)39-59)43-71-69(73)47-67(61-33-29-51-17-5-9-23-57(51)41-61)81-79(71)77-65-25-13-11-19-53(65)35-37-75(77)84-88-86-81/h2-47,87-88H,1H3. The molecule has 2 aromatic heterocycles. The Morgan fingerprint density at radius 3 is 0.966 bits per heavy atom. The zero-order valence-electron chi connectivity index (χ0n) is 47.6. The maximum Gasteiger partial charge on any atom is 0.201 e. The van der Waals surface area contributed by atoms with Crippen LogP contribution in [0.2, 0.25) is 0 Å². The zero-order valence-corrected chi connectivity index (χ0v) is 49.6. The summed E-state index contributed by atoms with van der Waals surface area (Å²) < 4.78 is 27.7. The second-order valence-electron chi connectivity index (χ2n) is 23.1. The highest BCUT2D eigenvalue weighted by Gasteiger charge is 2.25. The van der Waals surface area contributed by atoms with Gasteiger partial charge in [0.2, 0.25) is 17.3 Å². The Balaban J connectivity index is 1.03. The summed E-state index contributed by atoms with van der Waals surface area (Å²) in [5, 5.41) is 22.0. The molecule has 5 nitrogen and oxygen atoms in total. The lowest BCUT2D eigenvalue weighted by atomic mass is 9.89. The van der Waals surface area contributed by atoms with Gasteiger partial charge >= 0.3 is 0 Å². The van der Waals surface area contributed by atoms with Crippen molar-refractivity contribution in [2.45, 2.75) is 0 Å². The Labute approximate surface area is 508 Å². The molecule has 2 unspecified atom stereocenters. The molecule has 0 bridgehead atoms. The van der Waals surface area contributed by atoms with Gasteiger partial charge in [-0.25, -0.2) is 0 Å². The highest BCUT2D eigenvalue weighted by Crippen LogP contribution is 2.51. The van der Waals surface area contributed by atoms with Gasteiger partial charge in [0, 0.05) is 61.9 Å². The minimum atomic E-state index is -0.276. The molecule has 0 aliphatic heterocycles. The summed E-state index contributed by atoms with van der Waals surface area (Å²) >= 11 is 0. The number of benzene rings is 16. The molecule has 18 aromatic rings. The van der Waals surface area contributed by atoms with Crippen LogP contribution in [0.4, 0.5) is 11.4 Å². The van der Waals surface area contributed by atoms with E-state index in [1.807, 2.05) is 0 Å². The van der Waals surface area contributed by atoms with E-state index in [2.05, 4.69) is 291 Å². The third-order valence-corrected chi connectivity index (χ3v) is 19.4. The van der Waals surface area contributed by atoms with E-state index < -0.39 is 0 Å². The first-order valence-corrected chi connectivity index (χ1v) is 31.4. The number of hydrogen-bond acceptors (Lipinski definition) is 5. The first-order chi connectivity index (χ1) is 43.5. The topological polar surface area (TPSA) is 55.8 Å². The largest absolute Gasteiger partial charge is 0.421 e. The summed E-state index contributed by atoms with van der Waals surface area (Å²) in [4.78, 5) is 2.45. The molecule has 0 radical (unpaired) electrons. The maximum absolute atomic E-state index is 7.10. The van der Waals surface area contributed by atoms with Crippen molar-refractivity contribution < 1.29 is 16.8 Å². The van der Waals surface area contributed by atoms with Crippen LogP contribution < -0.4 is 4.90 Å². The molecule has 0 spiro atoms. The molecule has 0 aliphatic rings. The molecule has 2 heterocycles. The lowest BCUT2D eigenvalue weighted by Crippen LogP contribution is -2.11. The number of rotatable bonds is 6. The van der Waals surface area contributed by atoms with Crippen molar-refractivity contribution in [3.63, 3.8) is 0 Å². The average Bonchev–Trinajstić information content (AvgIpc) is 1.15. The maximum atomic E-state index is 7.10. The second-order valence-corrected chi connectivity index (χ2v) is 24.3. The molecule has 0 amide bonds. The smallest absolute Gasteiger partial charge is 0.201 e. The van der Waals surface area contributed by atoms with Crippen LogP contribution in [0.15, 0.2) is 296 Å². The Kier molecular flexibility index (Phi) is 11.6. The average molecular weight is 1160 g/mol. The van der Waals surface area contributed by atoms with Crippen molar-refractivity contribution in [3.05, 3.63) is 279 Å². The fraction of sp³-hybridized carbons (Fsp3) is 0.0123. The lowest BCUT2D eigenvalue weighted by Gasteiger charge is -2.27. The summed E-state index contributed by atoms with van der Waals surface area (Å²) in [5.41, 5.74) is 13.6. The Bertz CT molecular complexity index is 5690. The molecule has 18 rings (SSSR count). The first-order valence-electron chi connectivity index (χ1n) is 29.7. The summed E-state index contributed by atoms with van der Waals surface area (Å²) in [7, 11) is 1.71. The third-order valence-electron chi connectivity index (χ3n) is 18.3. The summed E-state index contributed by atoms with van der Waals surface area (Å²) in [6, 6.07) is 102. The first kappa shape index (κ1) is 50.5. The monoisotopic (exact) mass is 1160 g/mol. The van der Waals surface area contributed by atoms with Crippen LogP contribution in [0.5, 0.6) is 0 Å². The highest BCUT2D eigenvalue weighted by atomic mass is 31.1. The van der Waals surface area contributed by atoms with E-state index in [1.54, 1.807) is 0 Å². The third kappa shape index (κ3) is 8.16. The van der Waals surface area contributed by atoms with Crippen molar-refractivity contribution >= 4 is 159 Å². The fourth-order valence-electron chi connectivity index (χ4n) is 13.9. The lowest BCUT2D eigenvalue weighted by molar-refractivity contribution is 0.662. The SMILES string of the molecule is CN(c1cc(-c2ccc3ccccc3c2)cc2c1cc(-c1ccc3ccccc3c1)c1o[pH]oc3ccc4ccccc4c3c12)c1cc(-c2ccc3ccccc3c2)cc2c1cc(-c1ccc3ccccc3c1)c1o[pH]oc3ccc4ccccc4c3c12. The second kappa shape index (κ2) is 20.2. The number of anilines is 2. The Morgan fingerprint density at radius 2 is 0.568 bits per heavy atom. The predicted octanol–water partition coefficient (Wildman–Crippen LogP) is 24.6. The molecule has 0 saturated carbocycles. The minimum absolute atomic E-state index is 0.276. The number of nitrogens with zero attached hydrogens (tertiary/aromatic N) is 1. The summed E-state index contributed by atoms with van der Waals surface area (Å²) in [5.74, 6) is 0. The predicted molar refractivity (Wildman–Crippen MR) is 376 cm³/mol. The van der Waals surface area contributed by atoms with E-state index in [0.29, 0.717) is 0 Å². The van der Waals surface area contributed by atoms with Crippen molar-refractivity contribution in [2.24, 2.45) is 0 Å². The molecule has 2 atom stereocenters. The van der Waals surface area contributed by atoms with Gasteiger partial charge in [-0.15, -0.1) is 0 Å². The van der Waals surface area contributed by atoms with Crippen molar-refractivity contribution in [1.29, 1.82) is 0 Å². The van der Waals surface area contributed by atoms with Crippen molar-refractivity contribution in [1.82, 2.24) is 0 Å². The molecule has 0 saturated heterocycles. The van der Waals surface area contributed by atoms with Gasteiger partial charge in [0.05, 0.1) is 0 Å². The van der Waals surface area contributed by atoms with E-state index >= 15 is 0 Å². The fourth-order valence-corrected chi connectivity index (χ4v) is 15.1. The van der Waals surface area contributed by atoms with Gasteiger partial charge in [-0.2, -0.15) is 0 Å². The molecule has 16 aromatic carbocycles. The van der Waals surface area contributed by atoms with Gasteiger partial charge in [-0.3, -0.25) is 0 Å². The quantitative estimate of drug-likeness (QED) is 0.166. The zero-order chi connectivity index (χ0) is 58.0. The van der Waals surface area contributed by atoms with Gasteiger partial charge in [0.15, 0.2) is 0 Å². The molecule has 414 valence electrons. The Hall–Kier alpha value is -10.8. The Morgan fingerprint density at radius 1 is 0.239 bits per heavy atom. The van der Waals surface area contributed by atoms with Gasteiger partial charge in [0.1, 0.15) is 22.3 Å². The molecule has 0 aliphatic carbocycles. The van der Waals surface area contributed by atoms with Gasteiger partial charge < -0.3 is 21.7 Å². The summed E-state index contributed by atoms with van der Waals surface area (Å²) in [6.45, 7) is 0. The molecule has 0 N–H and O–H groups in total. The van der Waals surface area contributed by atoms with Crippen LogP contribution >= 0.6 is 17.3 Å². The van der Waals surface area contributed by atoms with Crippen LogP contribution in [-0.4, -0.2) is 7.05 Å². The molecular formula is C81H51NO4P2. The van der Waals surface area contributed by atoms with Crippen LogP contribution in [0.1, 0.15) is 0 Å². The van der Waals surface area contributed by atoms with Crippen LogP contribution in [0.3, 0.4) is 0 Å². The van der Waals surface area contributed by atoms with Crippen molar-refractivity contribution in [2.75, 3.05) is 11.9 Å². The highest BCUT2D eigenvalue weighted by molar-refractivity contribution is 7.15. The van der Waals surface area contributed by atoms with Gasteiger partial charge in [0.25, 0.3) is 0 Å². The summed E-state index contributed by atoms with van der Waals surface area (Å²) in [6.07, 6.45) is 0. The normalized spacial score (nSPS) is 12.1. The van der Waals surface area contributed by atoms with E-state index in [9.17, 15) is 0 Å². The van der Waals surface area contributed by atoms with E-state index in [4.69, 9.17) is 16.8 Å². The van der Waals surface area contributed by atoms with Crippen molar-refractivity contribution in [3.8, 4) is 44.5 Å². The van der Waals surface area contributed by atoms with Crippen LogP contribution in [-0.2, 0) is 0 Å².